The summed E-state index contributed by atoms with van der Waals surface area (Å²) >= 11 is 13.8. The van der Waals surface area contributed by atoms with E-state index in [0.717, 1.165) is 0 Å². The molecule has 2 aromatic heterocycles. The number of imidazole rings is 1. The van der Waals surface area contributed by atoms with Crippen LogP contribution in [0.3, 0.4) is 0 Å². The Kier molecular flexibility index (Phi) is 4.21. The number of hydrogen-bond acceptors (Lipinski definition) is 5. The molecular weight excluding hydrogens is 299 g/mol. The first-order chi connectivity index (χ1) is 7.27. The topological polar surface area (TPSA) is 118 Å². The van der Waals surface area contributed by atoms with Gasteiger partial charge >= 0.3 is 5.20 Å². The maximum atomic E-state index is 11.0. The highest BCUT2D eigenvalue weighted by Crippen LogP contribution is 2.61. The van der Waals surface area contributed by atoms with Crippen LogP contribution in [0.15, 0.2) is 11.1 Å². The fourth-order valence-corrected chi connectivity index (χ4v) is 0.860. The molecule has 0 aliphatic carbocycles. The lowest BCUT2D eigenvalue weighted by atomic mass is 10.5. The number of hydrogen-bond donors (Lipinski definition) is 3. The summed E-state index contributed by atoms with van der Waals surface area (Å²) in [6, 6.07) is 0. The van der Waals surface area contributed by atoms with Crippen LogP contribution in [-0.2, 0) is 4.57 Å². The van der Waals surface area contributed by atoms with E-state index in [1.165, 1.54) is 6.33 Å². The summed E-state index contributed by atoms with van der Waals surface area (Å²) in [5, 5.41) is -3.22. The highest BCUT2D eigenvalue weighted by Gasteiger charge is 2.03. The van der Waals surface area contributed by atoms with Gasteiger partial charge in [-0.1, -0.05) is 0 Å². The molecule has 0 radical (unpaired) electrons. The number of aromatic amines is 2. The number of nitrogens with two attached hydrogens (primary N) is 1. The van der Waals surface area contributed by atoms with Crippen LogP contribution in [0.1, 0.15) is 0 Å². The molecule has 0 bridgehead atoms. The molecule has 0 amide bonds. The van der Waals surface area contributed by atoms with Gasteiger partial charge in [0.05, 0.1) is 6.33 Å². The van der Waals surface area contributed by atoms with E-state index in [0.29, 0.717) is 11.2 Å². The highest BCUT2D eigenvalue weighted by atomic mass is 36.0. The maximum absolute atomic E-state index is 11.0. The second kappa shape index (κ2) is 5.05. The molecule has 2 aromatic rings. The van der Waals surface area contributed by atoms with Crippen molar-refractivity contribution in [2.75, 3.05) is 5.73 Å². The number of nitrogen functional groups attached to an aromatic ring is 1. The minimum Gasteiger partial charge on any atom is -0.369 e. The Morgan fingerprint density at radius 1 is 1.38 bits per heavy atom. The van der Waals surface area contributed by atoms with Crippen LogP contribution in [0.25, 0.3) is 11.2 Å². The smallest absolute Gasteiger partial charge is 0.339 e. The fourth-order valence-electron chi connectivity index (χ4n) is 0.860. The summed E-state index contributed by atoms with van der Waals surface area (Å²) in [7, 11) is 0. The van der Waals surface area contributed by atoms with Gasteiger partial charge in [-0.05, 0) is 33.7 Å². The Hall–Kier alpha value is -0.750. The Bertz CT molecular complexity index is 581. The van der Waals surface area contributed by atoms with Gasteiger partial charge < -0.3 is 10.7 Å². The minimum absolute atomic E-state index is 0.0783. The SMILES string of the molecule is Nc1nc2nc[nH]c2c(=O)[nH]1.O=P(Cl)(Cl)Cl. The van der Waals surface area contributed by atoms with Crippen LogP contribution >= 0.6 is 38.9 Å². The number of aromatic nitrogens is 4. The predicted octanol–water partition coefficient (Wildman–Crippen LogP) is 2.04. The number of halogens is 3. The van der Waals surface area contributed by atoms with Crippen LogP contribution in [-0.4, -0.2) is 19.9 Å². The summed E-state index contributed by atoms with van der Waals surface area (Å²) in [6.45, 7) is 0. The van der Waals surface area contributed by atoms with E-state index in [4.69, 9.17) is 5.73 Å². The summed E-state index contributed by atoms with van der Waals surface area (Å²) < 4.78 is 9.51. The minimum atomic E-state index is -3.22. The van der Waals surface area contributed by atoms with E-state index < -0.39 is 5.20 Å². The van der Waals surface area contributed by atoms with Crippen LogP contribution in [0, 0.1) is 0 Å². The molecule has 16 heavy (non-hydrogen) atoms. The van der Waals surface area contributed by atoms with E-state index in [1.807, 2.05) is 0 Å². The standard InChI is InChI=1S/C5H5N5O.Cl3OP/c6-5-9-3-2(4(11)10-5)7-1-8-3;1-5(2,3)4/h1H,(H4,6,7,8,9,10,11);. The number of anilines is 1. The highest BCUT2D eigenvalue weighted by molar-refractivity contribution is 8.24. The Morgan fingerprint density at radius 3 is 2.50 bits per heavy atom. The summed E-state index contributed by atoms with van der Waals surface area (Å²) in [5.74, 6) is 0.0783. The predicted molar refractivity (Wildman–Crippen MR) is 64.1 cm³/mol. The maximum Gasteiger partial charge on any atom is 0.339 e. The monoisotopic (exact) mass is 303 g/mol. The number of nitrogens with one attached hydrogen (secondary N) is 2. The van der Waals surface area contributed by atoms with Crippen molar-refractivity contribution in [3.8, 4) is 0 Å². The lowest BCUT2D eigenvalue weighted by Gasteiger charge is -1.89. The lowest BCUT2D eigenvalue weighted by Crippen LogP contribution is -2.10. The molecule has 0 aromatic carbocycles. The van der Waals surface area contributed by atoms with E-state index in [2.05, 4.69) is 53.7 Å². The Balaban J connectivity index is 0.000000221. The molecule has 4 N–H and O–H groups in total. The van der Waals surface area contributed by atoms with Crippen LogP contribution in [0.2, 0.25) is 0 Å². The van der Waals surface area contributed by atoms with Crippen LogP contribution in [0.5, 0.6) is 0 Å². The van der Waals surface area contributed by atoms with Gasteiger partial charge in [0, 0.05) is 0 Å². The second-order valence-electron chi connectivity index (χ2n) is 2.45. The van der Waals surface area contributed by atoms with Crippen molar-refractivity contribution in [1.29, 1.82) is 0 Å². The average molecular weight is 304 g/mol. The van der Waals surface area contributed by atoms with Gasteiger partial charge in [0.1, 0.15) is 0 Å². The van der Waals surface area contributed by atoms with Gasteiger partial charge in [-0.2, -0.15) is 4.98 Å². The largest absolute Gasteiger partial charge is 0.369 e. The quantitative estimate of drug-likeness (QED) is 0.644. The van der Waals surface area contributed by atoms with Crippen molar-refractivity contribution >= 4 is 56.0 Å². The first kappa shape index (κ1) is 13.3. The van der Waals surface area contributed by atoms with E-state index in [1.54, 1.807) is 0 Å². The molecule has 2 rings (SSSR count). The third kappa shape index (κ3) is 4.40. The van der Waals surface area contributed by atoms with Crippen molar-refractivity contribution in [1.82, 2.24) is 19.9 Å². The number of fused-ring (bicyclic) bond motifs is 1. The van der Waals surface area contributed by atoms with Crippen molar-refractivity contribution in [2.24, 2.45) is 0 Å². The summed E-state index contributed by atoms with van der Waals surface area (Å²) in [5.41, 5.74) is 5.65. The molecule has 11 heteroatoms. The number of H-pyrrole nitrogens is 2. The molecule has 0 saturated heterocycles. The molecule has 7 nitrogen and oxygen atoms in total. The molecular formula is C5H5Cl3N5O2P. The third-order valence-corrected chi connectivity index (χ3v) is 1.31. The zero-order valence-corrected chi connectivity index (χ0v) is 10.6. The average Bonchev–Trinajstić information content (AvgIpc) is 2.47. The van der Waals surface area contributed by atoms with Gasteiger partial charge in [-0.3, -0.25) is 14.3 Å². The molecule has 0 fully saturated rings. The zero-order valence-electron chi connectivity index (χ0n) is 7.45. The number of rotatable bonds is 0. The molecule has 0 spiro atoms. The van der Waals surface area contributed by atoms with Gasteiger partial charge in [-0.25, -0.2) is 4.98 Å². The van der Waals surface area contributed by atoms with Crippen LogP contribution < -0.4 is 11.3 Å². The summed E-state index contributed by atoms with van der Waals surface area (Å²) in [6.07, 6.45) is 1.40. The fraction of sp³-hybridized carbons (Fsp3) is 0. The van der Waals surface area contributed by atoms with E-state index in [-0.39, 0.29) is 11.5 Å². The van der Waals surface area contributed by atoms with Crippen LogP contribution in [0.4, 0.5) is 5.95 Å². The van der Waals surface area contributed by atoms with Gasteiger partial charge in [0.25, 0.3) is 5.56 Å². The van der Waals surface area contributed by atoms with Crippen molar-refractivity contribution < 1.29 is 4.57 Å². The molecule has 0 aliphatic heterocycles. The van der Waals surface area contributed by atoms with Gasteiger partial charge in [0.15, 0.2) is 11.2 Å². The van der Waals surface area contributed by atoms with Crippen molar-refractivity contribution in [3.05, 3.63) is 16.7 Å². The normalized spacial score (nSPS) is 10.9. The van der Waals surface area contributed by atoms with E-state index in [9.17, 15) is 9.36 Å². The molecule has 0 unspecified atom stereocenters. The van der Waals surface area contributed by atoms with E-state index >= 15 is 0 Å². The molecule has 88 valence electrons. The first-order valence-corrected chi connectivity index (χ1v) is 8.07. The molecule has 2 heterocycles. The number of nitrogens with zero attached hydrogens (tertiary/aromatic N) is 2. The Labute approximate surface area is 103 Å². The molecule has 0 saturated carbocycles. The molecule has 0 aliphatic rings. The first-order valence-electron chi connectivity index (χ1n) is 3.65. The zero-order chi connectivity index (χ0) is 12.3. The summed E-state index contributed by atoms with van der Waals surface area (Å²) in [4.78, 5) is 23.5. The van der Waals surface area contributed by atoms with Crippen molar-refractivity contribution in [3.63, 3.8) is 0 Å². The second-order valence-corrected chi connectivity index (χ2v) is 9.09. The third-order valence-electron chi connectivity index (χ3n) is 1.31. The molecule has 0 atom stereocenters. The van der Waals surface area contributed by atoms with Gasteiger partial charge in [0.2, 0.25) is 5.95 Å². The lowest BCUT2D eigenvalue weighted by molar-refractivity contribution is 0.600. The van der Waals surface area contributed by atoms with Crippen molar-refractivity contribution in [2.45, 2.75) is 0 Å². The Morgan fingerprint density at radius 2 is 1.94 bits per heavy atom. The van der Waals surface area contributed by atoms with Gasteiger partial charge in [-0.15, -0.1) is 0 Å².